The lowest BCUT2D eigenvalue weighted by Gasteiger charge is -2.30. The average Bonchev–Trinajstić information content (AvgIpc) is 2.29. The summed E-state index contributed by atoms with van der Waals surface area (Å²) in [5, 5.41) is 0. The van der Waals surface area contributed by atoms with Crippen LogP contribution in [0.2, 0.25) is 0 Å². The van der Waals surface area contributed by atoms with E-state index in [1.165, 1.54) is 5.56 Å². The van der Waals surface area contributed by atoms with Crippen molar-refractivity contribution in [3.63, 3.8) is 0 Å². The molecule has 0 heterocycles. The predicted molar refractivity (Wildman–Crippen MR) is 82.9 cm³/mol. The van der Waals surface area contributed by atoms with Crippen LogP contribution in [-0.4, -0.2) is 12.4 Å². The molecular formula is C16H26OS. The Labute approximate surface area is 117 Å². The van der Waals surface area contributed by atoms with Crippen molar-refractivity contribution >= 4 is 12.6 Å². The molecule has 18 heavy (non-hydrogen) atoms. The van der Waals surface area contributed by atoms with E-state index in [0.29, 0.717) is 11.3 Å². The van der Waals surface area contributed by atoms with Crippen molar-refractivity contribution in [2.75, 3.05) is 12.4 Å². The maximum atomic E-state index is 5.75. The van der Waals surface area contributed by atoms with Crippen LogP contribution < -0.4 is 4.74 Å². The molecule has 1 aromatic carbocycles. The lowest BCUT2D eigenvalue weighted by atomic mass is 9.75. The summed E-state index contributed by atoms with van der Waals surface area (Å²) in [7, 11) is 0. The summed E-state index contributed by atoms with van der Waals surface area (Å²) in [6.45, 7) is 9.91. The molecule has 102 valence electrons. The molecule has 1 aromatic rings. The van der Waals surface area contributed by atoms with Crippen LogP contribution in [0, 0.1) is 5.41 Å². The minimum Gasteiger partial charge on any atom is -0.494 e. The first-order valence-corrected chi connectivity index (χ1v) is 7.46. The first-order valence-electron chi connectivity index (χ1n) is 6.82. The van der Waals surface area contributed by atoms with E-state index >= 15 is 0 Å². The molecule has 0 aromatic heterocycles. The summed E-state index contributed by atoms with van der Waals surface area (Å²) in [6, 6.07) is 8.54. The Bertz CT molecular complexity index is 354. The first-order chi connectivity index (χ1) is 8.49. The van der Waals surface area contributed by atoms with Gasteiger partial charge in [-0.2, -0.15) is 12.6 Å². The highest BCUT2D eigenvalue weighted by atomic mass is 32.1. The van der Waals surface area contributed by atoms with Crippen LogP contribution >= 0.6 is 12.6 Å². The summed E-state index contributed by atoms with van der Waals surface area (Å²) in [5.74, 6) is 2.43. The highest BCUT2D eigenvalue weighted by Gasteiger charge is 2.24. The van der Waals surface area contributed by atoms with Crippen LogP contribution in [0.5, 0.6) is 5.75 Å². The van der Waals surface area contributed by atoms with Crippen LogP contribution in [0.15, 0.2) is 24.3 Å². The summed E-state index contributed by atoms with van der Waals surface area (Å²) in [4.78, 5) is 0. The van der Waals surface area contributed by atoms with Crippen molar-refractivity contribution in [1.29, 1.82) is 0 Å². The molecule has 0 bridgehead atoms. The van der Waals surface area contributed by atoms with E-state index in [2.05, 4.69) is 58.5 Å². The number of rotatable bonds is 6. The third-order valence-electron chi connectivity index (χ3n) is 3.29. The van der Waals surface area contributed by atoms with Crippen LogP contribution in [-0.2, 0) is 0 Å². The summed E-state index contributed by atoms with van der Waals surface area (Å²) in [6.07, 6.45) is 2.15. The van der Waals surface area contributed by atoms with E-state index in [4.69, 9.17) is 4.74 Å². The van der Waals surface area contributed by atoms with Gasteiger partial charge in [0, 0.05) is 0 Å². The van der Waals surface area contributed by atoms with Crippen molar-refractivity contribution < 1.29 is 4.74 Å². The van der Waals surface area contributed by atoms with E-state index in [-0.39, 0.29) is 0 Å². The lowest BCUT2D eigenvalue weighted by molar-refractivity contribution is 0.304. The molecular weight excluding hydrogens is 240 g/mol. The standard InChI is InChI=1S/C16H26OS/c1-5-15(16(2,3)4)13-8-6-9-14(12-13)17-10-7-11-18/h6,8-9,12,15,18H,5,7,10-11H2,1-4H3. The van der Waals surface area contributed by atoms with E-state index in [0.717, 1.165) is 31.0 Å². The largest absolute Gasteiger partial charge is 0.494 e. The number of benzene rings is 1. The average molecular weight is 266 g/mol. The van der Waals surface area contributed by atoms with Gasteiger partial charge in [0.25, 0.3) is 0 Å². The molecule has 0 saturated carbocycles. The number of ether oxygens (including phenoxy) is 1. The summed E-state index contributed by atoms with van der Waals surface area (Å²) >= 11 is 4.19. The quantitative estimate of drug-likeness (QED) is 0.567. The van der Waals surface area contributed by atoms with Crippen molar-refractivity contribution in [3.8, 4) is 5.75 Å². The fourth-order valence-corrected chi connectivity index (χ4v) is 2.55. The van der Waals surface area contributed by atoms with Crippen LogP contribution in [0.1, 0.15) is 52.0 Å². The first kappa shape index (κ1) is 15.4. The zero-order valence-electron chi connectivity index (χ0n) is 12.1. The van der Waals surface area contributed by atoms with Crippen LogP contribution in [0.25, 0.3) is 0 Å². The fourth-order valence-electron chi connectivity index (χ4n) is 2.42. The van der Waals surface area contributed by atoms with Gasteiger partial charge in [-0.25, -0.2) is 0 Å². The third-order valence-corrected chi connectivity index (χ3v) is 3.60. The Kier molecular flexibility index (Phi) is 6.07. The molecule has 1 rings (SSSR count). The van der Waals surface area contributed by atoms with Gasteiger partial charge in [-0.3, -0.25) is 0 Å². The van der Waals surface area contributed by atoms with E-state index < -0.39 is 0 Å². The van der Waals surface area contributed by atoms with Gasteiger partial charge in [-0.15, -0.1) is 0 Å². The topological polar surface area (TPSA) is 9.23 Å². The molecule has 0 N–H and O–H groups in total. The second kappa shape index (κ2) is 7.08. The zero-order valence-corrected chi connectivity index (χ0v) is 13.0. The normalized spacial score (nSPS) is 13.4. The third kappa shape index (κ3) is 4.56. The number of thiol groups is 1. The SMILES string of the molecule is CCC(c1cccc(OCCCS)c1)C(C)(C)C. The predicted octanol–water partition coefficient (Wildman–Crippen LogP) is 4.93. The molecule has 1 unspecified atom stereocenters. The van der Waals surface area contributed by atoms with E-state index in [1.54, 1.807) is 0 Å². The lowest BCUT2D eigenvalue weighted by Crippen LogP contribution is -2.17. The van der Waals surface area contributed by atoms with Gasteiger partial charge in [0.1, 0.15) is 5.75 Å². The maximum Gasteiger partial charge on any atom is 0.119 e. The zero-order chi connectivity index (χ0) is 13.6. The Balaban J connectivity index is 2.80. The summed E-state index contributed by atoms with van der Waals surface area (Å²) in [5.41, 5.74) is 1.67. The molecule has 2 heteroatoms. The highest BCUT2D eigenvalue weighted by Crippen LogP contribution is 2.38. The van der Waals surface area contributed by atoms with Gasteiger partial charge >= 0.3 is 0 Å². The Morgan fingerprint density at radius 3 is 2.56 bits per heavy atom. The van der Waals surface area contributed by atoms with Gasteiger partial charge in [-0.1, -0.05) is 39.8 Å². The highest BCUT2D eigenvalue weighted by molar-refractivity contribution is 7.80. The monoisotopic (exact) mass is 266 g/mol. The molecule has 0 aliphatic carbocycles. The van der Waals surface area contributed by atoms with Gasteiger partial charge < -0.3 is 4.74 Å². The van der Waals surface area contributed by atoms with Crippen LogP contribution in [0.3, 0.4) is 0 Å². The molecule has 0 saturated heterocycles. The second-order valence-electron chi connectivity index (χ2n) is 5.82. The Hall–Kier alpha value is -0.630. The van der Waals surface area contributed by atoms with Crippen molar-refractivity contribution in [2.45, 2.75) is 46.5 Å². The van der Waals surface area contributed by atoms with Gasteiger partial charge in [0.2, 0.25) is 0 Å². The summed E-state index contributed by atoms with van der Waals surface area (Å²) < 4.78 is 5.75. The molecule has 0 radical (unpaired) electrons. The molecule has 1 atom stereocenters. The minimum absolute atomic E-state index is 0.290. The number of hydrogen-bond donors (Lipinski definition) is 1. The smallest absolute Gasteiger partial charge is 0.119 e. The Morgan fingerprint density at radius 2 is 2.00 bits per heavy atom. The van der Waals surface area contributed by atoms with Gasteiger partial charge in [-0.05, 0) is 47.6 Å². The fraction of sp³-hybridized carbons (Fsp3) is 0.625. The van der Waals surface area contributed by atoms with Crippen molar-refractivity contribution in [3.05, 3.63) is 29.8 Å². The maximum absolute atomic E-state index is 5.75. The van der Waals surface area contributed by atoms with E-state index in [9.17, 15) is 0 Å². The van der Waals surface area contributed by atoms with Gasteiger partial charge in [0.15, 0.2) is 0 Å². The molecule has 0 fully saturated rings. The second-order valence-corrected chi connectivity index (χ2v) is 6.27. The number of hydrogen-bond acceptors (Lipinski definition) is 2. The van der Waals surface area contributed by atoms with E-state index in [1.807, 2.05) is 6.07 Å². The van der Waals surface area contributed by atoms with Crippen LogP contribution in [0.4, 0.5) is 0 Å². The molecule has 0 amide bonds. The molecule has 0 spiro atoms. The molecule has 0 aliphatic rings. The minimum atomic E-state index is 0.290. The Morgan fingerprint density at radius 1 is 1.28 bits per heavy atom. The molecule has 0 aliphatic heterocycles. The van der Waals surface area contributed by atoms with Crippen molar-refractivity contribution in [2.24, 2.45) is 5.41 Å². The van der Waals surface area contributed by atoms with Crippen molar-refractivity contribution in [1.82, 2.24) is 0 Å². The van der Waals surface area contributed by atoms with Gasteiger partial charge in [0.05, 0.1) is 6.61 Å². The molecule has 1 nitrogen and oxygen atoms in total.